The van der Waals surface area contributed by atoms with Crippen molar-refractivity contribution in [1.82, 2.24) is 10.2 Å². The Balaban J connectivity index is 1.89. The van der Waals surface area contributed by atoms with Crippen LogP contribution in [0.3, 0.4) is 0 Å². The van der Waals surface area contributed by atoms with Crippen molar-refractivity contribution in [2.45, 2.75) is 69.9 Å². The average Bonchev–Trinajstić information content (AvgIpc) is 3.20. The summed E-state index contributed by atoms with van der Waals surface area (Å²) in [5.74, 6) is 0.569. The molecular formula is C15H24N2O2. The van der Waals surface area contributed by atoms with Crippen LogP contribution in [0.15, 0.2) is 0 Å². The molecule has 0 aromatic heterocycles. The SMILES string of the molecule is CC1(C2CC2)C(=O)NCC(=O)N1C1CCCCCC1. The maximum Gasteiger partial charge on any atom is 0.246 e. The summed E-state index contributed by atoms with van der Waals surface area (Å²) in [6, 6.07) is 0.284. The van der Waals surface area contributed by atoms with Crippen LogP contribution < -0.4 is 5.32 Å². The summed E-state index contributed by atoms with van der Waals surface area (Å²) in [4.78, 5) is 26.8. The van der Waals surface area contributed by atoms with Crippen molar-refractivity contribution in [2.24, 2.45) is 5.92 Å². The fourth-order valence-electron chi connectivity index (χ4n) is 3.91. The van der Waals surface area contributed by atoms with Crippen molar-refractivity contribution >= 4 is 11.8 Å². The van der Waals surface area contributed by atoms with E-state index in [0.29, 0.717) is 5.92 Å². The molecule has 1 aliphatic heterocycles. The Morgan fingerprint density at radius 3 is 2.26 bits per heavy atom. The highest BCUT2D eigenvalue weighted by Gasteiger charge is 2.56. The molecule has 0 radical (unpaired) electrons. The number of amides is 2. The van der Waals surface area contributed by atoms with Gasteiger partial charge >= 0.3 is 0 Å². The zero-order valence-corrected chi connectivity index (χ0v) is 11.8. The van der Waals surface area contributed by atoms with E-state index in [1.54, 1.807) is 0 Å². The Morgan fingerprint density at radius 2 is 1.68 bits per heavy atom. The number of carbonyl (C=O) groups excluding carboxylic acids is 2. The van der Waals surface area contributed by atoms with Gasteiger partial charge in [0, 0.05) is 6.04 Å². The summed E-state index contributed by atoms with van der Waals surface area (Å²) < 4.78 is 0. The van der Waals surface area contributed by atoms with Crippen LogP contribution in [-0.2, 0) is 9.59 Å². The van der Waals surface area contributed by atoms with Crippen LogP contribution in [0.1, 0.15) is 58.3 Å². The molecule has 3 aliphatic rings. The maximum atomic E-state index is 12.4. The first-order chi connectivity index (χ1) is 9.14. The molecule has 3 fully saturated rings. The van der Waals surface area contributed by atoms with Crippen molar-refractivity contribution in [3.05, 3.63) is 0 Å². The monoisotopic (exact) mass is 264 g/mol. The van der Waals surface area contributed by atoms with Gasteiger partial charge in [-0.1, -0.05) is 25.7 Å². The molecule has 0 aromatic rings. The summed E-state index contributed by atoms with van der Waals surface area (Å²) in [5, 5.41) is 2.80. The van der Waals surface area contributed by atoms with Crippen LogP contribution in [0.5, 0.6) is 0 Å². The van der Waals surface area contributed by atoms with E-state index in [1.165, 1.54) is 25.7 Å². The second-order valence-corrected chi connectivity index (χ2v) is 6.51. The molecule has 1 saturated heterocycles. The van der Waals surface area contributed by atoms with E-state index in [9.17, 15) is 9.59 Å². The molecule has 0 aromatic carbocycles. The molecule has 3 rings (SSSR count). The van der Waals surface area contributed by atoms with Gasteiger partial charge in [0.1, 0.15) is 5.54 Å². The molecule has 2 saturated carbocycles. The van der Waals surface area contributed by atoms with E-state index in [0.717, 1.165) is 25.7 Å². The van der Waals surface area contributed by atoms with E-state index in [1.807, 2.05) is 11.8 Å². The summed E-state index contributed by atoms with van der Waals surface area (Å²) >= 11 is 0. The van der Waals surface area contributed by atoms with Crippen LogP contribution >= 0.6 is 0 Å². The van der Waals surface area contributed by atoms with Crippen molar-refractivity contribution in [2.75, 3.05) is 6.54 Å². The lowest BCUT2D eigenvalue weighted by molar-refractivity contribution is -0.158. The molecule has 2 amide bonds. The molecule has 2 aliphatic carbocycles. The lowest BCUT2D eigenvalue weighted by Crippen LogP contribution is -2.69. The number of hydrogen-bond acceptors (Lipinski definition) is 2. The summed E-state index contributed by atoms with van der Waals surface area (Å²) in [6.45, 7) is 2.18. The molecule has 1 N–H and O–H groups in total. The normalized spacial score (nSPS) is 34.1. The van der Waals surface area contributed by atoms with Gasteiger partial charge < -0.3 is 10.2 Å². The molecule has 19 heavy (non-hydrogen) atoms. The molecule has 4 nitrogen and oxygen atoms in total. The molecule has 1 heterocycles. The smallest absolute Gasteiger partial charge is 0.246 e. The van der Waals surface area contributed by atoms with Crippen LogP contribution in [-0.4, -0.2) is 34.8 Å². The minimum Gasteiger partial charge on any atom is -0.345 e. The molecule has 4 heteroatoms. The number of nitrogens with zero attached hydrogens (tertiary/aromatic N) is 1. The lowest BCUT2D eigenvalue weighted by atomic mass is 9.86. The minimum atomic E-state index is -0.579. The maximum absolute atomic E-state index is 12.4. The van der Waals surface area contributed by atoms with Gasteiger partial charge in [-0.2, -0.15) is 0 Å². The van der Waals surface area contributed by atoms with Gasteiger partial charge in [0.15, 0.2) is 0 Å². The fourth-order valence-corrected chi connectivity index (χ4v) is 3.91. The van der Waals surface area contributed by atoms with Gasteiger partial charge in [0.2, 0.25) is 11.8 Å². The molecule has 106 valence electrons. The zero-order valence-electron chi connectivity index (χ0n) is 11.8. The first kappa shape index (κ1) is 12.9. The highest BCUT2D eigenvalue weighted by atomic mass is 16.2. The number of rotatable bonds is 2. The molecule has 1 unspecified atom stereocenters. The third-order valence-electron chi connectivity index (χ3n) is 5.19. The van der Waals surface area contributed by atoms with Crippen LogP contribution in [0, 0.1) is 5.92 Å². The first-order valence-corrected chi connectivity index (χ1v) is 7.74. The Hall–Kier alpha value is -1.06. The molecule has 0 bridgehead atoms. The average molecular weight is 264 g/mol. The van der Waals surface area contributed by atoms with Crippen LogP contribution in [0.25, 0.3) is 0 Å². The van der Waals surface area contributed by atoms with E-state index >= 15 is 0 Å². The Morgan fingerprint density at radius 1 is 1.05 bits per heavy atom. The quantitative estimate of drug-likeness (QED) is 0.774. The predicted molar refractivity (Wildman–Crippen MR) is 72.5 cm³/mol. The topological polar surface area (TPSA) is 49.4 Å². The molecule has 0 spiro atoms. The van der Waals surface area contributed by atoms with Crippen molar-refractivity contribution in [1.29, 1.82) is 0 Å². The zero-order chi connectivity index (χ0) is 13.5. The van der Waals surface area contributed by atoms with Crippen molar-refractivity contribution in [3.8, 4) is 0 Å². The number of nitrogens with one attached hydrogen (secondary N) is 1. The standard InChI is InChI=1S/C15H24N2O2/c1-15(11-8-9-11)14(19)16-10-13(18)17(15)12-6-4-2-3-5-7-12/h11-12H,2-10H2,1H3,(H,16,19). The second-order valence-electron chi connectivity index (χ2n) is 6.51. The van der Waals surface area contributed by atoms with Crippen LogP contribution in [0.2, 0.25) is 0 Å². The number of hydrogen-bond donors (Lipinski definition) is 1. The van der Waals surface area contributed by atoms with Gasteiger partial charge in [0.05, 0.1) is 6.54 Å². The molecular weight excluding hydrogens is 240 g/mol. The van der Waals surface area contributed by atoms with Gasteiger partial charge in [-0.05, 0) is 38.5 Å². The summed E-state index contributed by atoms with van der Waals surface area (Å²) in [7, 11) is 0. The second kappa shape index (κ2) is 4.80. The third-order valence-corrected chi connectivity index (χ3v) is 5.19. The summed E-state index contributed by atoms with van der Waals surface area (Å²) in [6.07, 6.45) is 9.23. The van der Waals surface area contributed by atoms with Crippen molar-refractivity contribution in [3.63, 3.8) is 0 Å². The molecule has 1 atom stereocenters. The first-order valence-electron chi connectivity index (χ1n) is 7.74. The van der Waals surface area contributed by atoms with E-state index < -0.39 is 5.54 Å². The fraction of sp³-hybridized carbons (Fsp3) is 0.867. The number of carbonyl (C=O) groups is 2. The van der Waals surface area contributed by atoms with Gasteiger partial charge in [0.25, 0.3) is 0 Å². The third kappa shape index (κ3) is 2.15. The number of piperazine rings is 1. The van der Waals surface area contributed by atoms with Gasteiger partial charge in [-0.25, -0.2) is 0 Å². The highest BCUT2D eigenvalue weighted by Crippen LogP contribution is 2.46. The Bertz CT molecular complexity index is 384. The largest absolute Gasteiger partial charge is 0.345 e. The summed E-state index contributed by atoms with van der Waals surface area (Å²) in [5.41, 5.74) is -0.579. The van der Waals surface area contributed by atoms with E-state index in [2.05, 4.69) is 5.32 Å². The Labute approximate surface area is 114 Å². The highest BCUT2D eigenvalue weighted by molar-refractivity contribution is 5.98. The van der Waals surface area contributed by atoms with Crippen molar-refractivity contribution < 1.29 is 9.59 Å². The Kier molecular flexibility index (Phi) is 3.27. The lowest BCUT2D eigenvalue weighted by Gasteiger charge is -2.48. The minimum absolute atomic E-state index is 0.0684. The van der Waals surface area contributed by atoms with E-state index in [4.69, 9.17) is 0 Å². The predicted octanol–water partition coefficient (Wildman–Crippen LogP) is 1.84. The van der Waals surface area contributed by atoms with E-state index in [-0.39, 0.29) is 24.4 Å². The van der Waals surface area contributed by atoms with Gasteiger partial charge in [-0.15, -0.1) is 0 Å². The van der Waals surface area contributed by atoms with Gasteiger partial charge in [-0.3, -0.25) is 9.59 Å². The van der Waals surface area contributed by atoms with Crippen LogP contribution in [0.4, 0.5) is 0 Å².